The van der Waals surface area contributed by atoms with Crippen LogP contribution in [0.15, 0.2) is 0 Å². The molecule has 10 heteroatoms. The van der Waals surface area contributed by atoms with E-state index in [1.165, 1.54) is 0 Å². The third kappa shape index (κ3) is 13.4. The molecule has 0 unspecified atom stereocenters. The van der Waals surface area contributed by atoms with Crippen molar-refractivity contribution < 1.29 is 38.4 Å². The minimum Gasteiger partial charge on any atom is -0.330 e. The van der Waals surface area contributed by atoms with Crippen LogP contribution in [0.1, 0.15) is 128 Å². The number of carbonyl (C=O) groups is 6. The van der Waals surface area contributed by atoms with Gasteiger partial charge in [0.2, 0.25) is 0 Å². The van der Waals surface area contributed by atoms with Gasteiger partial charge in [-0.05, 0) is 37.5 Å². The molecule has 10 nitrogen and oxygen atoms in total. The Hall–Kier alpha value is -3.66. The van der Waals surface area contributed by atoms with Crippen molar-refractivity contribution in [1.29, 1.82) is 0 Å². The quantitative estimate of drug-likeness (QED) is 0.138. The molecule has 4 amide bonds. The molecule has 40 heavy (non-hydrogen) atoms. The molecule has 0 aromatic rings. The zero-order valence-corrected chi connectivity index (χ0v) is 23.3. The van der Waals surface area contributed by atoms with Crippen LogP contribution in [0, 0.1) is 23.7 Å². The first-order valence-electron chi connectivity index (χ1n) is 14.5. The lowest BCUT2D eigenvalue weighted by molar-refractivity contribution is -0.197. The molecular weight excluding hydrogens is 516 g/mol. The third-order valence-corrected chi connectivity index (χ3v) is 6.50. The van der Waals surface area contributed by atoms with Crippen molar-refractivity contribution >= 4 is 35.6 Å². The second-order valence-electron chi connectivity index (χ2n) is 9.94. The topological polar surface area (TPSA) is 127 Å². The van der Waals surface area contributed by atoms with E-state index in [2.05, 4.69) is 23.7 Å². The van der Waals surface area contributed by atoms with Crippen LogP contribution in [0.5, 0.6) is 0 Å². The molecule has 0 aromatic carbocycles. The Morgan fingerprint density at radius 3 is 1.15 bits per heavy atom. The second kappa shape index (κ2) is 19.4. The van der Waals surface area contributed by atoms with Crippen molar-refractivity contribution in [1.82, 2.24) is 10.1 Å². The van der Waals surface area contributed by atoms with E-state index in [1.54, 1.807) is 0 Å². The number of hydrogen-bond donors (Lipinski definition) is 0. The summed E-state index contributed by atoms with van der Waals surface area (Å²) in [4.78, 5) is 78.8. The summed E-state index contributed by atoms with van der Waals surface area (Å²) in [7, 11) is 0. The molecule has 0 atom stereocenters. The number of hydrogen-bond acceptors (Lipinski definition) is 8. The molecule has 0 saturated carbocycles. The average molecular weight is 557 g/mol. The number of imide groups is 2. The summed E-state index contributed by atoms with van der Waals surface area (Å²) in [6, 6.07) is 0. The lowest BCUT2D eigenvalue weighted by Crippen LogP contribution is -2.31. The van der Waals surface area contributed by atoms with Gasteiger partial charge in [-0.15, -0.1) is 10.1 Å². The third-order valence-electron chi connectivity index (χ3n) is 6.50. The molecule has 0 N–H and O–H groups in total. The molecule has 218 valence electrons. The SMILES string of the molecule is O=C(CCCCCCCCC#CC#CCCCCCCCCC(=O)ON1C(=O)CCC1=O)ON1C(=O)CCC1=O. The monoisotopic (exact) mass is 556 g/mol. The zero-order valence-electron chi connectivity index (χ0n) is 23.3. The highest BCUT2D eigenvalue weighted by Crippen LogP contribution is 2.15. The molecule has 0 spiro atoms. The maximum atomic E-state index is 11.7. The fourth-order valence-electron chi connectivity index (χ4n) is 4.20. The van der Waals surface area contributed by atoms with Crippen molar-refractivity contribution in [2.24, 2.45) is 0 Å². The van der Waals surface area contributed by atoms with Crippen molar-refractivity contribution in [3.63, 3.8) is 0 Å². The second-order valence-corrected chi connectivity index (χ2v) is 9.94. The predicted molar refractivity (Wildman–Crippen MR) is 144 cm³/mol. The van der Waals surface area contributed by atoms with Gasteiger partial charge in [-0.2, -0.15) is 0 Å². The van der Waals surface area contributed by atoms with E-state index in [4.69, 9.17) is 9.68 Å². The van der Waals surface area contributed by atoms with Crippen LogP contribution in [-0.2, 0) is 38.4 Å². The van der Waals surface area contributed by atoms with Crippen molar-refractivity contribution in [2.75, 3.05) is 0 Å². The molecule has 0 aliphatic carbocycles. The lowest BCUT2D eigenvalue weighted by atomic mass is 10.1. The van der Waals surface area contributed by atoms with E-state index in [0.717, 1.165) is 77.0 Å². The molecule has 2 aliphatic rings. The van der Waals surface area contributed by atoms with Gasteiger partial charge in [0.05, 0.1) is 0 Å². The number of carbonyl (C=O) groups excluding carboxylic acids is 6. The molecule has 2 rings (SSSR count). The largest absolute Gasteiger partial charge is 0.333 e. The Labute approximate surface area is 236 Å². The summed E-state index contributed by atoms with van der Waals surface area (Å²) in [5.41, 5.74) is 0. The molecular formula is C30H40N2O8. The van der Waals surface area contributed by atoms with Gasteiger partial charge in [-0.1, -0.05) is 63.2 Å². The normalized spacial score (nSPS) is 14.6. The number of amides is 4. The summed E-state index contributed by atoms with van der Waals surface area (Å²) >= 11 is 0. The van der Waals surface area contributed by atoms with Gasteiger partial charge in [-0.3, -0.25) is 19.2 Å². The van der Waals surface area contributed by atoms with Crippen molar-refractivity contribution in [3.8, 4) is 23.7 Å². The molecule has 0 radical (unpaired) electrons. The van der Waals surface area contributed by atoms with Crippen molar-refractivity contribution in [2.45, 2.75) is 128 Å². The predicted octanol–water partition coefficient (Wildman–Crippen LogP) is 4.45. The standard InChI is InChI=1S/C30H40N2O8/c33-25-21-22-26(34)31(25)39-29(37)19-17-15-13-11-9-7-5-3-1-2-4-6-8-10-12-14-16-18-20-30(38)40-32-27(35)23-24-28(32)36/h5-24H2. The Morgan fingerprint density at radius 1 is 0.500 bits per heavy atom. The first kappa shape index (κ1) is 32.6. The maximum Gasteiger partial charge on any atom is 0.333 e. The van der Waals surface area contributed by atoms with Crippen LogP contribution in [-0.4, -0.2) is 45.7 Å². The van der Waals surface area contributed by atoms with Gasteiger partial charge in [0.1, 0.15) is 0 Å². The van der Waals surface area contributed by atoms with Crippen LogP contribution >= 0.6 is 0 Å². The molecule has 2 fully saturated rings. The zero-order chi connectivity index (χ0) is 29.0. The van der Waals surface area contributed by atoms with E-state index in [-0.39, 0.29) is 38.5 Å². The summed E-state index contributed by atoms with van der Waals surface area (Å²) in [6.07, 6.45) is 13.9. The molecule has 2 saturated heterocycles. The Morgan fingerprint density at radius 2 is 0.800 bits per heavy atom. The Kier molecular flexibility index (Phi) is 15.8. The molecule has 0 aromatic heterocycles. The van der Waals surface area contributed by atoms with E-state index >= 15 is 0 Å². The average Bonchev–Trinajstić information content (AvgIpc) is 3.42. The van der Waals surface area contributed by atoms with Crippen LogP contribution in [0.3, 0.4) is 0 Å². The van der Waals surface area contributed by atoms with Crippen LogP contribution in [0.25, 0.3) is 0 Å². The van der Waals surface area contributed by atoms with E-state index < -0.39 is 35.6 Å². The van der Waals surface area contributed by atoms with Crippen LogP contribution in [0.4, 0.5) is 0 Å². The number of hydroxylamine groups is 4. The first-order chi connectivity index (χ1) is 19.4. The minimum atomic E-state index is -0.536. The van der Waals surface area contributed by atoms with Gasteiger partial charge in [-0.25, -0.2) is 9.59 Å². The first-order valence-corrected chi connectivity index (χ1v) is 14.5. The van der Waals surface area contributed by atoms with Gasteiger partial charge in [0.15, 0.2) is 0 Å². The molecule has 0 bridgehead atoms. The van der Waals surface area contributed by atoms with Crippen LogP contribution in [0.2, 0.25) is 0 Å². The van der Waals surface area contributed by atoms with E-state index in [1.807, 2.05) is 0 Å². The van der Waals surface area contributed by atoms with Gasteiger partial charge < -0.3 is 9.68 Å². The van der Waals surface area contributed by atoms with Crippen molar-refractivity contribution in [3.05, 3.63) is 0 Å². The van der Waals surface area contributed by atoms with Gasteiger partial charge in [0.25, 0.3) is 23.6 Å². The Balaban J connectivity index is 1.32. The molecule has 2 heterocycles. The highest BCUT2D eigenvalue weighted by molar-refractivity contribution is 6.02. The van der Waals surface area contributed by atoms with Crippen LogP contribution < -0.4 is 0 Å². The number of nitrogens with zero attached hydrogens (tertiary/aromatic N) is 2. The molecule has 2 aliphatic heterocycles. The summed E-state index contributed by atoms with van der Waals surface area (Å²) < 4.78 is 0. The van der Waals surface area contributed by atoms with E-state index in [9.17, 15) is 28.8 Å². The minimum absolute atomic E-state index is 0.104. The Bertz CT molecular complexity index is 916. The maximum absolute atomic E-state index is 11.7. The summed E-state index contributed by atoms with van der Waals surface area (Å²) in [6.45, 7) is 0. The van der Waals surface area contributed by atoms with E-state index in [0.29, 0.717) is 23.0 Å². The van der Waals surface area contributed by atoms with Gasteiger partial charge >= 0.3 is 11.9 Å². The summed E-state index contributed by atoms with van der Waals surface area (Å²) in [5, 5.41) is 1.19. The fraction of sp³-hybridized carbons (Fsp3) is 0.667. The fourth-order valence-corrected chi connectivity index (χ4v) is 4.20. The number of rotatable bonds is 18. The smallest absolute Gasteiger partial charge is 0.330 e. The lowest BCUT2D eigenvalue weighted by Gasteiger charge is -2.12. The number of unbranched alkanes of at least 4 members (excludes halogenated alkanes) is 12. The summed E-state index contributed by atoms with van der Waals surface area (Å²) in [5.74, 6) is 9.09. The highest BCUT2D eigenvalue weighted by atomic mass is 16.7. The highest BCUT2D eigenvalue weighted by Gasteiger charge is 2.33. The van der Waals surface area contributed by atoms with Gasteiger partial charge in [0, 0.05) is 51.4 Å².